The number of thiazole rings is 1. The molecule has 7 heteroatoms. The first-order chi connectivity index (χ1) is 11.0. The van der Waals surface area contributed by atoms with E-state index >= 15 is 0 Å². The Morgan fingerprint density at radius 1 is 1.52 bits per heavy atom. The molecule has 3 N–H and O–H groups in total. The van der Waals surface area contributed by atoms with Gasteiger partial charge in [-0.1, -0.05) is 23.5 Å². The molecule has 0 radical (unpaired) electrons. The number of hydrogen-bond acceptors (Lipinski definition) is 6. The minimum Gasteiger partial charge on any atom is -0.393 e. The van der Waals surface area contributed by atoms with E-state index in [-0.39, 0.29) is 19.1 Å². The zero-order chi connectivity index (χ0) is 16.4. The number of aromatic nitrogens is 1. The lowest BCUT2D eigenvalue weighted by Crippen LogP contribution is -2.52. The van der Waals surface area contributed by atoms with E-state index in [0.29, 0.717) is 18.1 Å². The standard InChI is InChI=1S/C16H21N3O3S/c1-11-4-2-5-12-14(11)18-15(23-12)17-13(21)8-19-7-3-6-16(22,9-19)10-20/h2,4-5,20,22H,3,6-10H2,1H3,(H,17,18,21). The number of rotatable bonds is 4. The number of fused-ring (bicyclic) bond motifs is 1. The highest BCUT2D eigenvalue weighted by atomic mass is 32.1. The van der Waals surface area contributed by atoms with Gasteiger partial charge in [0.05, 0.1) is 23.4 Å². The van der Waals surface area contributed by atoms with Crippen LogP contribution in [0.2, 0.25) is 0 Å². The number of aliphatic hydroxyl groups excluding tert-OH is 1. The van der Waals surface area contributed by atoms with Gasteiger partial charge in [0.1, 0.15) is 5.60 Å². The number of nitrogens with one attached hydrogen (secondary N) is 1. The molecule has 0 aliphatic carbocycles. The largest absolute Gasteiger partial charge is 0.393 e. The number of para-hydroxylation sites is 1. The molecule has 0 spiro atoms. The number of aryl methyl sites for hydroxylation is 1. The lowest BCUT2D eigenvalue weighted by atomic mass is 9.94. The molecule has 2 heterocycles. The highest BCUT2D eigenvalue weighted by molar-refractivity contribution is 7.22. The first-order valence-corrected chi connectivity index (χ1v) is 8.52. The summed E-state index contributed by atoms with van der Waals surface area (Å²) < 4.78 is 1.05. The molecule has 1 atom stereocenters. The van der Waals surface area contributed by atoms with E-state index in [1.165, 1.54) is 11.3 Å². The van der Waals surface area contributed by atoms with Crippen LogP contribution in [0.1, 0.15) is 18.4 Å². The molecule has 1 saturated heterocycles. The average Bonchev–Trinajstić information content (AvgIpc) is 2.91. The number of likely N-dealkylation sites (tertiary alicyclic amines) is 1. The maximum Gasteiger partial charge on any atom is 0.240 e. The van der Waals surface area contributed by atoms with Crippen molar-refractivity contribution in [2.45, 2.75) is 25.4 Å². The summed E-state index contributed by atoms with van der Waals surface area (Å²) in [7, 11) is 0. The first-order valence-electron chi connectivity index (χ1n) is 7.71. The van der Waals surface area contributed by atoms with Crippen LogP contribution in [0.25, 0.3) is 10.2 Å². The van der Waals surface area contributed by atoms with Gasteiger partial charge in [-0.3, -0.25) is 9.69 Å². The maximum absolute atomic E-state index is 12.2. The van der Waals surface area contributed by atoms with E-state index in [2.05, 4.69) is 10.3 Å². The highest BCUT2D eigenvalue weighted by Crippen LogP contribution is 2.28. The quantitative estimate of drug-likeness (QED) is 0.785. The third kappa shape index (κ3) is 3.69. The topological polar surface area (TPSA) is 85.7 Å². The van der Waals surface area contributed by atoms with Gasteiger partial charge in [-0.25, -0.2) is 4.98 Å². The molecule has 1 aliphatic heterocycles. The van der Waals surface area contributed by atoms with E-state index in [9.17, 15) is 15.0 Å². The number of β-amino-alcohol motifs (C(OH)–C–C–N with tert-alkyl or cyclic N) is 1. The summed E-state index contributed by atoms with van der Waals surface area (Å²) in [5.41, 5.74) is 0.912. The second-order valence-corrected chi connectivity index (χ2v) is 7.22. The Balaban J connectivity index is 1.63. The van der Waals surface area contributed by atoms with Crippen LogP contribution in [0.15, 0.2) is 18.2 Å². The van der Waals surface area contributed by atoms with Crippen LogP contribution < -0.4 is 5.32 Å². The highest BCUT2D eigenvalue weighted by Gasteiger charge is 2.33. The summed E-state index contributed by atoms with van der Waals surface area (Å²) in [4.78, 5) is 18.5. The van der Waals surface area contributed by atoms with Crippen molar-refractivity contribution in [1.82, 2.24) is 9.88 Å². The molecule has 1 amide bonds. The second kappa shape index (κ2) is 6.52. The van der Waals surface area contributed by atoms with Crippen LogP contribution in [-0.4, -0.2) is 57.8 Å². The maximum atomic E-state index is 12.2. The molecule has 1 aromatic carbocycles. The number of aliphatic hydroxyl groups is 2. The summed E-state index contributed by atoms with van der Waals surface area (Å²) in [6.45, 7) is 2.97. The van der Waals surface area contributed by atoms with E-state index in [1.54, 1.807) is 0 Å². The molecule has 3 rings (SSSR count). The van der Waals surface area contributed by atoms with Crippen molar-refractivity contribution in [3.8, 4) is 0 Å². The van der Waals surface area contributed by atoms with Crippen molar-refractivity contribution in [2.24, 2.45) is 0 Å². The van der Waals surface area contributed by atoms with Gasteiger partial charge in [-0.05, 0) is 37.9 Å². The smallest absolute Gasteiger partial charge is 0.240 e. The Morgan fingerprint density at radius 2 is 2.35 bits per heavy atom. The third-order valence-electron chi connectivity index (χ3n) is 4.16. The predicted octanol–water partition coefficient (Wildman–Crippen LogP) is 1.36. The van der Waals surface area contributed by atoms with Crippen LogP contribution >= 0.6 is 11.3 Å². The number of carbonyl (C=O) groups excluding carboxylic acids is 1. The molecule has 1 aromatic heterocycles. The van der Waals surface area contributed by atoms with Crippen LogP contribution in [0.3, 0.4) is 0 Å². The Hall–Kier alpha value is -1.54. The fourth-order valence-corrected chi connectivity index (χ4v) is 3.93. The molecule has 0 bridgehead atoms. The van der Waals surface area contributed by atoms with Crippen molar-refractivity contribution < 1.29 is 15.0 Å². The van der Waals surface area contributed by atoms with Gasteiger partial charge in [0.2, 0.25) is 5.91 Å². The number of carbonyl (C=O) groups is 1. The minimum atomic E-state index is -1.09. The molecular formula is C16H21N3O3S. The van der Waals surface area contributed by atoms with Gasteiger partial charge in [-0.2, -0.15) is 0 Å². The second-order valence-electron chi connectivity index (χ2n) is 6.19. The van der Waals surface area contributed by atoms with Crippen molar-refractivity contribution in [3.63, 3.8) is 0 Å². The van der Waals surface area contributed by atoms with Crippen molar-refractivity contribution in [2.75, 3.05) is 31.6 Å². The van der Waals surface area contributed by atoms with Gasteiger partial charge in [0.15, 0.2) is 5.13 Å². The number of piperidine rings is 1. The van der Waals surface area contributed by atoms with Crippen LogP contribution in [-0.2, 0) is 4.79 Å². The monoisotopic (exact) mass is 335 g/mol. The molecular weight excluding hydrogens is 314 g/mol. The van der Waals surface area contributed by atoms with Gasteiger partial charge in [-0.15, -0.1) is 0 Å². The number of benzene rings is 1. The van der Waals surface area contributed by atoms with Gasteiger partial charge in [0, 0.05) is 6.54 Å². The molecule has 124 valence electrons. The summed E-state index contributed by atoms with van der Waals surface area (Å²) in [6.07, 6.45) is 1.34. The Bertz CT molecular complexity index is 718. The van der Waals surface area contributed by atoms with Crippen molar-refractivity contribution >= 4 is 32.6 Å². The van der Waals surface area contributed by atoms with Gasteiger partial charge < -0.3 is 15.5 Å². The third-order valence-corrected chi connectivity index (χ3v) is 5.10. The molecule has 1 unspecified atom stereocenters. The summed E-state index contributed by atoms with van der Waals surface area (Å²) in [5.74, 6) is -0.149. The molecule has 2 aromatic rings. The summed E-state index contributed by atoms with van der Waals surface area (Å²) in [5, 5.41) is 22.8. The number of anilines is 1. The Labute approximate surface area is 138 Å². The number of hydrogen-bond donors (Lipinski definition) is 3. The zero-order valence-corrected chi connectivity index (χ0v) is 13.9. The van der Waals surface area contributed by atoms with Crippen molar-refractivity contribution in [1.29, 1.82) is 0 Å². The van der Waals surface area contributed by atoms with Crippen LogP contribution in [0.4, 0.5) is 5.13 Å². The SMILES string of the molecule is Cc1cccc2sc(NC(=O)CN3CCCC(O)(CO)C3)nc12. The van der Waals surface area contributed by atoms with Crippen molar-refractivity contribution in [3.05, 3.63) is 23.8 Å². The first kappa shape index (κ1) is 16.3. The molecule has 1 aliphatic rings. The molecule has 0 saturated carbocycles. The lowest BCUT2D eigenvalue weighted by molar-refractivity contribution is -0.120. The van der Waals surface area contributed by atoms with Crippen LogP contribution in [0, 0.1) is 6.92 Å². The number of nitrogens with zero attached hydrogens (tertiary/aromatic N) is 2. The van der Waals surface area contributed by atoms with E-state index in [4.69, 9.17) is 0 Å². The Morgan fingerprint density at radius 3 is 3.09 bits per heavy atom. The molecule has 6 nitrogen and oxygen atoms in total. The molecule has 23 heavy (non-hydrogen) atoms. The minimum absolute atomic E-state index is 0.149. The van der Waals surface area contributed by atoms with Gasteiger partial charge >= 0.3 is 0 Å². The fraction of sp³-hybridized carbons (Fsp3) is 0.500. The molecule has 1 fully saturated rings. The predicted molar refractivity (Wildman–Crippen MR) is 90.7 cm³/mol. The zero-order valence-electron chi connectivity index (χ0n) is 13.1. The fourth-order valence-electron chi connectivity index (χ4n) is 2.97. The summed E-state index contributed by atoms with van der Waals surface area (Å²) in [6, 6.07) is 5.96. The normalized spacial score (nSPS) is 22.4. The van der Waals surface area contributed by atoms with E-state index < -0.39 is 5.60 Å². The average molecular weight is 335 g/mol. The van der Waals surface area contributed by atoms with E-state index in [1.807, 2.05) is 30.0 Å². The number of amides is 1. The lowest BCUT2D eigenvalue weighted by Gasteiger charge is -2.37. The van der Waals surface area contributed by atoms with Crippen LogP contribution in [0.5, 0.6) is 0 Å². The summed E-state index contributed by atoms with van der Waals surface area (Å²) >= 11 is 1.46. The Kier molecular flexibility index (Phi) is 4.63. The van der Waals surface area contributed by atoms with E-state index in [0.717, 1.165) is 28.7 Å². The van der Waals surface area contributed by atoms with Gasteiger partial charge in [0.25, 0.3) is 0 Å².